The third-order valence-electron chi connectivity index (χ3n) is 5.16. The fraction of sp³-hybridized carbons (Fsp3) is 0.409. The smallest absolute Gasteiger partial charge is 0.264 e. The predicted octanol–water partition coefficient (Wildman–Crippen LogP) is 2.93. The highest BCUT2D eigenvalue weighted by Crippen LogP contribution is 2.25. The molecule has 0 radical (unpaired) electrons. The van der Waals surface area contributed by atoms with E-state index < -0.39 is 10.0 Å². The van der Waals surface area contributed by atoms with Gasteiger partial charge >= 0.3 is 0 Å². The molecule has 1 aliphatic rings. The lowest BCUT2D eigenvalue weighted by atomic mass is 10.1. The normalized spacial score (nSPS) is 15.5. The summed E-state index contributed by atoms with van der Waals surface area (Å²) in [6, 6.07) is 15.4. The number of carbonyl (C=O) groups is 1. The van der Waals surface area contributed by atoms with Crippen molar-refractivity contribution in [1.82, 2.24) is 9.80 Å². The molecule has 0 unspecified atom stereocenters. The van der Waals surface area contributed by atoms with Crippen LogP contribution in [0.3, 0.4) is 0 Å². The highest BCUT2D eigenvalue weighted by Gasteiger charge is 2.30. The third kappa shape index (κ3) is 4.79. The molecule has 0 bridgehead atoms. The van der Waals surface area contributed by atoms with Crippen LogP contribution < -0.4 is 4.31 Å². The minimum Gasteiger partial charge on any atom is -0.336 e. The zero-order chi connectivity index (χ0) is 21.0. The highest BCUT2D eigenvalue weighted by molar-refractivity contribution is 7.92. The number of rotatable bonds is 6. The zero-order valence-electron chi connectivity index (χ0n) is 17.3. The van der Waals surface area contributed by atoms with Crippen molar-refractivity contribution in [3.8, 4) is 0 Å². The van der Waals surface area contributed by atoms with Crippen LogP contribution in [-0.4, -0.2) is 63.9 Å². The second-order valence-corrected chi connectivity index (χ2v) is 9.73. The maximum Gasteiger partial charge on any atom is 0.264 e. The van der Waals surface area contributed by atoms with Crippen LogP contribution in [0.15, 0.2) is 59.5 Å². The molecule has 1 fully saturated rings. The van der Waals surface area contributed by atoms with Crippen LogP contribution in [0.4, 0.5) is 5.69 Å². The van der Waals surface area contributed by atoms with E-state index >= 15 is 0 Å². The Labute approximate surface area is 173 Å². The van der Waals surface area contributed by atoms with Crippen LogP contribution in [0, 0.1) is 5.92 Å². The molecule has 0 aliphatic carbocycles. The average Bonchev–Trinajstić information content (AvgIpc) is 2.73. The van der Waals surface area contributed by atoms with Crippen LogP contribution in [0.2, 0.25) is 0 Å². The number of amides is 1. The van der Waals surface area contributed by atoms with Crippen molar-refractivity contribution >= 4 is 21.6 Å². The molecular formula is C22H29N3O3S. The summed E-state index contributed by atoms with van der Waals surface area (Å²) in [5.74, 6) is 0.353. The number of hydrogen-bond acceptors (Lipinski definition) is 4. The van der Waals surface area contributed by atoms with E-state index in [1.54, 1.807) is 47.4 Å². The Morgan fingerprint density at radius 2 is 1.55 bits per heavy atom. The minimum absolute atomic E-state index is 0.0426. The van der Waals surface area contributed by atoms with Gasteiger partial charge < -0.3 is 4.90 Å². The van der Waals surface area contributed by atoms with Gasteiger partial charge in [-0.2, -0.15) is 0 Å². The van der Waals surface area contributed by atoms with Gasteiger partial charge in [-0.05, 0) is 30.2 Å². The number of anilines is 1. The van der Waals surface area contributed by atoms with Gasteiger partial charge in [-0.1, -0.05) is 44.2 Å². The van der Waals surface area contributed by atoms with Gasteiger partial charge in [0.25, 0.3) is 15.9 Å². The first kappa shape index (κ1) is 21.3. The summed E-state index contributed by atoms with van der Waals surface area (Å²) in [7, 11) is -2.35. The first-order valence-electron chi connectivity index (χ1n) is 9.95. The number of nitrogens with zero attached hydrogens (tertiary/aromatic N) is 3. The molecule has 2 aromatic rings. The van der Waals surface area contributed by atoms with Crippen LogP contribution in [-0.2, 0) is 10.0 Å². The molecule has 0 N–H and O–H groups in total. The Bertz CT molecular complexity index is 937. The van der Waals surface area contributed by atoms with Crippen molar-refractivity contribution in [2.24, 2.45) is 5.92 Å². The number of carbonyl (C=O) groups excluding carboxylic acids is 1. The second-order valence-electron chi connectivity index (χ2n) is 7.79. The van der Waals surface area contributed by atoms with Crippen molar-refractivity contribution < 1.29 is 13.2 Å². The van der Waals surface area contributed by atoms with E-state index in [9.17, 15) is 13.2 Å². The summed E-state index contributed by atoms with van der Waals surface area (Å²) in [5.41, 5.74) is 0.782. The molecule has 3 rings (SSSR count). The molecule has 7 heteroatoms. The number of benzene rings is 2. The van der Waals surface area contributed by atoms with Gasteiger partial charge in [0, 0.05) is 39.8 Å². The molecule has 0 aromatic heterocycles. The molecule has 0 atom stereocenters. The summed E-state index contributed by atoms with van der Waals surface area (Å²) in [4.78, 5) is 17.3. The van der Waals surface area contributed by atoms with E-state index in [1.807, 2.05) is 6.07 Å². The lowest BCUT2D eigenvalue weighted by Crippen LogP contribution is -2.49. The van der Waals surface area contributed by atoms with Crippen molar-refractivity contribution in [1.29, 1.82) is 0 Å². The maximum absolute atomic E-state index is 13.3. The average molecular weight is 416 g/mol. The molecule has 1 aliphatic heterocycles. The Morgan fingerprint density at radius 1 is 0.966 bits per heavy atom. The number of hydrogen-bond donors (Lipinski definition) is 0. The molecule has 6 nitrogen and oxygen atoms in total. The molecule has 1 heterocycles. The predicted molar refractivity (Wildman–Crippen MR) is 116 cm³/mol. The Kier molecular flexibility index (Phi) is 6.59. The maximum atomic E-state index is 13.3. The lowest BCUT2D eigenvalue weighted by Gasteiger charge is -2.35. The quantitative estimate of drug-likeness (QED) is 0.728. The SMILES string of the molecule is CC(C)CN1CCN(C(=O)c2ccccc2S(=O)(=O)N(C)c2ccccc2)CC1. The third-order valence-corrected chi connectivity index (χ3v) is 7.00. The van der Waals surface area contributed by atoms with Gasteiger partial charge in [0.15, 0.2) is 0 Å². The first-order valence-corrected chi connectivity index (χ1v) is 11.4. The standard InChI is InChI=1S/C22H29N3O3S/c1-18(2)17-24-13-15-25(16-14-24)22(26)20-11-7-8-12-21(20)29(27,28)23(3)19-9-5-4-6-10-19/h4-12,18H,13-17H2,1-3H3. The fourth-order valence-electron chi connectivity index (χ4n) is 3.61. The fourth-order valence-corrected chi connectivity index (χ4v) is 4.99. The molecule has 1 amide bonds. The van der Waals surface area contributed by atoms with E-state index in [0.29, 0.717) is 24.7 Å². The molecular weight excluding hydrogens is 386 g/mol. The van der Waals surface area contributed by atoms with Crippen LogP contribution >= 0.6 is 0 Å². The monoisotopic (exact) mass is 415 g/mol. The summed E-state index contributed by atoms with van der Waals surface area (Å²) < 4.78 is 27.7. The number of para-hydroxylation sites is 1. The number of sulfonamides is 1. The van der Waals surface area contributed by atoms with Gasteiger partial charge in [-0.15, -0.1) is 0 Å². The van der Waals surface area contributed by atoms with Gasteiger partial charge in [0.1, 0.15) is 4.90 Å². The van der Waals surface area contributed by atoms with E-state index in [-0.39, 0.29) is 16.4 Å². The van der Waals surface area contributed by atoms with Gasteiger partial charge in [-0.3, -0.25) is 14.0 Å². The van der Waals surface area contributed by atoms with Crippen molar-refractivity contribution in [2.75, 3.05) is 44.1 Å². The topological polar surface area (TPSA) is 60.9 Å². The van der Waals surface area contributed by atoms with Crippen LogP contribution in [0.25, 0.3) is 0 Å². The molecule has 0 saturated carbocycles. The Morgan fingerprint density at radius 3 is 2.17 bits per heavy atom. The molecule has 0 spiro atoms. The van der Waals surface area contributed by atoms with Crippen LogP contribution in [0.5, 0.6) is 0 Å². The van der Waals surface area contributed by atoms with E-state index in [0.717, 1.165) is 19.6 Å². The van der Waals surface area contributed by atoms with E-state index in [1.165, 1.54) is 17.4 Å². The van der Waals surface area contributed by atoms with Crippen molar-refractivity contribution in [3.05, 3.63) is 60.2 Å². The Balaban J connectivity index is 1.83. The zero-order valence-corrected chi connectivity index (χ0v) is 18.1. The summed E-state index contributed by atoms with van der Waals surface area (Å²) in [5, 5.41) is 0. The summed E-state index contributed by atoms with van der Waals surface area (Å²) >= 11 is 0. The molecule has 29 heavy (non-hydrogen) atoms. The second kappa shape index (κ2) is 8.97. The first-order chi connectivity index (χ1) is 13.8. The Hall–Kier alpha value is -2.38. The highest BCUT2D eigenvalue weighted by atomic mass is 32.2. The minimum atomic E-state index is -3.86. The van der Waals surface area contributed by atoms with Gasteiger partial charge in [-0.25, -0.2) is 8.42 Å². The molecule has 2 aromatic carbocycles. The summed E-state index contributed by atoms with van der Waals surface area (Å²) in [6.07, 6.45) is 0. The molecule has 1 saturated heterocycles. The largest absolute Gasteiger partial charge is 0.336 e. The van der Waals surface area contributed by atoms with Gasteiger partial charge in [0.05, 0.1) is 11.3 Å². The molecule has 156 valence electrons. The lowest BCUT2D eigenvalue weighted by molar-refractivity contribution is 0.0620. The van der Waals surface area contributed by atoms with Gasteiger partial charge in [0.2, 0.25) is 0 Å². The van der Waals surface area contributed by atoms with Crippen LogP contribution in [0.1, 0.15) is 24.2 Å². The van der Waals surface area contributed by atoms with Crippen molar-refractivity contribution in [3.63, 3.8) is 0 Å². The number of piperazine rings is 1. The van der Waals surface area contributed by atoms with E-state index in [2.05, 4.69) is 18.7 Å². The summed E-state index contributed by atoms with van der Waals surface area (Å²) in [6.45, 7) is 8.20. The van der Waals surface area contributed by atoms with Crippen molar-refractivity contribution in [2.45, 2.75) is 18.7 Å². The van der Waals surface area contributed by atoms with E-state index in [4.69, 9.17) is 0 Å².